The standard InChI is InChI=1S/C11H11FN4O/c1-8-13-15-11(16-14-8)9-3-2-4-10(7-9)17-6-5-12/h2-4,7H,5-6H2,1H3. The first kappa shape index (κ1) is 11.4. The molecule has 2 aromatic rings. The zero-order chi connectivity index (χ0) is 12.1. The molecule has 0 saturated heterocycles. The molecule has 88 valence electrons. The normalized spacial score (nSPS) is 10.2. The number of nitrogens with zero attached hydrogens (tertiary/aromatic N) is 4. The molecule has 1 aromatic carbocycles. The molecule has 0 fully saturated rings. The SMILES string of the molecule is Cc1nnc(-c2cccc(OCCF)c2)nn1. The van der Waals surface area contributed by atoms with Crippen LogP contribution >= 0.6 is 0 Å². The molecule has 0 unspecified atom stereocenters. The summed E-state index contributed by atoms with van der Waals surface area (Å²) in [6.07, 6.45) is 0. The molecule has 5 nitrogen and oxygen atoms in total. The maximum atomic E-state index is 12.0. The lowest BCUT2D eigenvalue weighted by molar-refractivity contribution is 0.273. The van der Waals surface area contributed by atoms with Crippen LogP contribution in [-0.2, 0) is 0 Å². The van der Waals surface area contributed by atoms with Crippen molar-refractivity contribution in [3.63, 3.8) is 0 Å². The Morgan fingerprint density at radius 1 is 1.18 bits per heavy atom. The van der Waals surface area contributed by atoms with E-state index in [9.17, 15) is 4.39 Å². The van der Waals surface area contributed by atoms with Crippen molar-refractivity contribution in [2.75, 3.05) is 13.3 Å². The minimum absolute atomic E-state index is 0.0364. The molecule has 2 rings (SSSR count). The summed E-state index contributed by atoms with van der Waals surface area (Å²) in [6, 6.07) is 7.07. The van der Waals surface area contributed by atoms with Crippen LogP contribution in [0.5, 0.6) is 5.75 Å². The lowest BCUT2D eigenvalue weighted by Crippen LogP contribution is -2.00. The number of alkyl halides is 1. The number of halogens is 1. The van der Waals surface area contributed by atoms with E-state index in [1.807, 2.05) is 6.07 Å². The highest BCUT2D eigenvalue weighted by atomic mass is 19.1. The van der Waals surface area contributed by atoms with Crippen molar-refractivity contribution >= 4 is 0 Å². The lowest BCUT2D eigenvalue weighted by Gasteiger charge is -2.04. The van der Waals surface area contributed by atoms with E-state index >= 15 is 0 Å². The van der Waals surface area contributed by atoms with Gasteiger partial charge in [-0.05, 0) is 19.1 Å². The molecule has 17 heavy (non-hydrogen) atoms. The molecule has 0 atom stereocenters. The first-order chi connectivity index (χ1) is 8.29. The number of aryl methyl sites for hydroxylation is 1. The van der Waals surface area contributed by atoms with E-state index in [0.29, 0.717) is 17.4 Å². The largest absolute Gasteiger partial charge is 0.491 e. The third-order valence-electron chi connectivity index (χ3n) is 2.02. The van der Waals surface area contributed by atoms with Gasteiger partial charge in [0.15, 0.2) is 5.82 Å². The van der Waals surface area contributed by atoms with Gasteiger partial charge in [-0.2, -0.15) is 0 Å². The second kappa shape index (κ2) is 5.29. The van der Waals surface area contributed by atoms with E-state index < -0.39 is 6.67 Å². The summed E-state index contributed by atoms with van der Waals surface area (Å²) in [5.74, 6) is 1.50. The van der Waals surface area contributed by atoms with E-state index in [1.54, 1.807) is 25.1 Å². The third kappa shape index (κ3) is 2.93. The van der Waals surface area contributed by atoms with Crippen LogP contribution in [0.15, 0.2) is 24.3 Å². The van der Waals surface area contributed by atoms with Crippen molar-refractivity contribution < 1.29 is 9.13 Å². The van der Waals surface area contributed by atoms with Crippen molar-refractivity contribution in [3.8, 4) is 17.1 Å². The van der Waals surface area contributed by atoms with Gasteiger partial charge in [-0.25, -0.2) is 4.39 Å². The Morgan fingerprint density at radius 3 is 2.65 bits per heavy atom. The van der Waals surface area contributed by atoms with E-state index in [4.69, 9.17) is 4.74 Å². The smallest absolute Gasteiger partial charge is 0.203 e. The van der Waals surface area contributed by atoms with Crippen molar-refractivity contribution in [2.45, 2.75) is 6.92 Å². The maximum Gasteiger partial charge on any atom is 0.203 e. The van der Waals surface area contributed by atoms with Gasteiger partial charge in [0, 0.05) is 5.56 Å². The molecule has 6 heteroatoms. The summed E-state index contributed by atoms with van der Waals surface area (Å²) in [6.45, 7) is 1.23. The average Bonchev–Trinajstić information content (AvgIpc) is 2.37. The predicted octanol–water partition coefficient (Wildman–Crippen LogP) is 1.59. The summed E-state index contributed by atoms with van der Waals surface area (Å²) in [5.41, 5.74) is 0.737. The van der Waals surface area contributed by atoms with E-state index in [1.165, 1.54) is 0 Å². The van der Waals surface area contributed by atoms with Crippen LogP contribution in [-0.4, -0.2) is 33.7 Å². The number of hydrogen-bond donors (Lipinski definition) is 0. The quantitative estimate of drug-likeness (QED) is 0.803. The zero-order valence-electron chi connectivity index (χ0n) is 9.30. The van der Waals surface area contributed by atoms with Crippen molar-refractivity contribution in [1.82, 2.24) is 20.4 Å². The van der Waals surface area contributed by atoms with Crippen LogP contribution in [0.1, 0.15) is 5.82 Å². The van der Waals surface area contributed by atoms with Crippen molar-refractivity contribution in [3.05, 3.63) is 30.1 Å². The summed E-state index contributed by atoms with van der Waals surface area (Å²) < 4.78 is 17.1. The fraction of sp³-hybridized carbons (Fsp3) is 0.273. The Labute approximate surface area is 97.7 Å². The summed E-state index contributed by atoms with van der Waals surface area (Å²) in [5, 5.41) is 15.5. The molecular formula is C11H11FN4O. The van der Waals surface area contributed by atoms with E-state index in [-0.39, 0.29) is 6.61 Å². The van der Waals surface area contributed by atoms with Crippen molar-refractivity contribution in [2.24, 2.45) is 0 Å². The molecule has 1 heterocycles. The number of aromatic nitrogens is 4. The third-order valence-corrected chi connectivity index (χ3v) is 2.02. The van der Waals surface area contributed by atoms with Crippen LogP contribution in [0.2, 0.25) is 0 Å². The van der Waals surface area contributed by atoms with Gasteiger partial charge in [0.2, 0.25) is 5.82 Å². The number of hydrogen-bond acceptors (Lipinski definition) is 5. The van der Waals surface area contributed by atoms with Gasteiger partial charge in [0.05, 0.1) is 0 Å². The van der Waals surface area contributed by atoms with Crippen LogP contribution in [0.3, 0.4) is 0 Å². The molecular weight excluding hydrogens is 223 g/mol. The fourth-order valence-corrected chi connectivity index (χ4v) is 1.28. The van der Waals surface area contributed by atoms with Gasteiger partial charge in [0.1, 0.15) is 19.0 Å². The van der Waals surface area contributed by atoms with Gasteiger partial charge < -0.3 is 4.74 Å². The highest BCUT2D eigenvalue weighted by Gasteiger charge is 2.04. The molecule has 0 aliphatic heterocycles. The Balaban J connectivity index is 2.23. The van der Waals surface area contributed by atoms with Gasteiger partial charge >= 0.3 is 0 Å². The van der Waals surface area contributed by atoms with E-state index in [2.05, 4.69) is 20.4 Å². The van der Waals surface area contributed by atoms with Crippen LogP contribution < -0.4 is 4.74 Å². The van der Waals surface area contributed by atoms with Gasteiger partial charge in [-0.15, -0.1) is 20.4 Å². The molecule has 0 radical (unpaired) electrons. The lowest BCUT2D eigenvalue weighted by atomic mass is 10.2. The fourth-order valence-electron chi connectivity index (χ4n) is 1.28. The first-order valence-electron chi connectivity index (χ1n) is 5.13. The number of benzene rings is 1. The molecule has 0 bridgehead atoms. The molecule has 0 spiro atoms. The van der Waals surface area contributed by atoms with Gasteiger partial charge in [0.25, 0.3) is 0 Å². The van der Waals surface area contributed by atoms with Gasteiger partial charge in [-0.1, -0.05) is 12.1 Å². The summed E-state index contributed by atoms with van der Waals surface area (Å²) in [4.78, 5) is 0. The molecule has 0 aliphatic carbocycles. The zero-order valence-corrected chi connectivity index (χ0v) is 9.30. The predicted molar refractivity (Wildman–Crippen MR) is 59.3 cm³/mol. The first-order valence-corrected chi connectivity index (χ1v) is 5.13. The number of ether oxygens (including phenoxy) is 1. The van der Waals surface area contributed by atoms with Crippen LogP contribution in [0.4, 0.5) is 4.39 Å². The highest BCUT2D eigenvalue weighted by Crippen LogP contribution is 2.19. The number of rotatable bonds is 4. The van der Waals surface area contributed by atoms with Crippen LogP contribution in [0, 0.1) is 6.92 Å². The Bertz CT molecular complexity index is 489. The molecule has 0 amide bonds. The maximum absolute atomic E-state index is 12.0. The minimum Gasteiger partial charge on any atom is -0.491 e. The minimum atomic E-state index is -0.519. The molecule has 0 N–H and O–H groups in total. The summed E-state index contributed by atoms with van der Waals surface area (Å²) in [7, 11) is 0. The molecule has 0 aliphatic rings. The summed E-state index contributed by atoms with van der Waals surface area (Å²) >= 11 is 0. The molecule has 1 aromatic heterocycles. The second-order valence-electron chi connectivity index (χ2n) is 3.34. The second-order valence-corrected chi connectivity index (χ2v) is 3.34. The van der Waals surface area contributed by atoms with E-state index in [0.717, 1.165) is 5.56 Å². The van der Waals surface area contributed by atoms with Crippen molar-refractivity contribution in [1.29, 1.82) is 0 Å². The molecule has 0 saturated carbocycles. The van der Waals surface area contributed by atoms with Gasteiger partial charge in [-0.3, -0.25) is 0 Å². The highest BCUT2D eigenvalue weighted by molar-refractivity contribution is 5.56. The average molecular weight is 234 g/mol. The Morgan fingerprint density at radius 2 is 1.94 bits per heavy atom. The Hall–Kier alpha value is -2.11. The topological polar surface area (TPSA) is 60.8 Å². The Kier molecular flexibility index (Phi) is 3.54. The monoisotopic (exact) mass is 234 g/mol. The van der Waals surface area contributed by atoms with Crippen LogP contribution in [0.25, 0.3) is 11.4 Å².